The Morgan fingerprint density at radius 3 is 2.55 bits per heavy atom. The third kappa shape index (κ3) is 4.32. The molecule has 0 radical (unpaired) electrons. The summed E-state index contributed by atoms with van der Waals surface area (Å²) in [5.74, 6) is 4.12. The van der Waals surface area contributed by atoms with Gasteiger partial charge in [-0.1, -0.05) is 25.2 Å². The summed E-state index contributed by atoms with van der Waals surface area (Å²) in [6.07, 6.45) is 3.33. The largest absolute Gasteiger partial charge is 0.204 e. The number of thiocarbonyl (C=S) groups is 1. The normalized spacial score (nSPS) is 9.77. The molecule has 0 aliphatic rings. The Hall–Kier alpha value is -1.86. The Morgan fingerprint density at radius 1 is 1.18 bits per heavy atom. The fourth-order valence-electron chi connectivity index (χ4n) is 1.85. The Kier molecular flexibility index (Phi) is 5.97. The van der Waals surface area contributed by atoms with Crippen molar-refractivity contribution in [3.05, 3.63) is 51.2 Å². The molecule has 112 valence electrons. The van der Waals surface area contributed by atoms with E-state index in [4.69, 9.17) is 0 Å². The molecule has 2 rings (SSSR count). The lowest BCUT2D eigenvalue weighted by atomic mass is 10.2. The lowest BCUT2D eigenvalue weighted by Crippen LogP contribution is -1.86. The molecule has 1 aromatic heterocycles. The molecule has 0 aliphatic heterocycles. The molecule has 0 N–H and O–H groups in total. The lowest BCUT2D eigenvalue weighted by molar-refractivity contribution is 0.587. The third-order valence-corrected chi connectivity index (χ3v) is 4.09. The summed E-state index contributed by atoms with van der Waals surface area (Å²) in [5, 5.41) is 1.96. The molecule has 2 aromatic rings. The van der Waals surface area contributed by atoms with Crippen LogP contribution < -0.4 is 0 Å². The second kappa shape index (κ2) is 7.95. The van der Waals surface area contributed by atoms with E-state index in [0.29, 0.717) is 0 Å². The Bertz CT molecular complexity index is 754. The van der Waals surface area contributed by atoms with Crippen LogP contribution >= 0.6 is 23.6 Å². The van der Waals surface area contributed by atoms with E-state index in [2.05, 4.69) is 36.0 Å². The minimum Gasteiger partial charge on any atom is -0.204 e. The number of hydrogen-bond donors (Lipinski definition) is 0. The average Bonchev–Trinajstić information content (AvgIpc) is 2.94. The van der Waals surface area contributed by atoms with Crippen LogP contribution in [0.5, 0.6) is 0 Å². The molecule has 1 aromatic carbocycles. The number of halogens is 2. The molecule has 0 amide bonds. The van der Waals surface area contributed by atoms with Gasteiger partial charge >= 0.3 is 0 Å². The maximum atomic E-state index is 13.7. The number of hydrogen-bond acceptors (Lipinski definition) is 3. The molecule has 0 unspecified atom stereocenters. The maximum Gasteiger partial charge on any atom is 0.153 e. The number of nitrogens with zero attached hydrogens (tertiary/aromatic N) is 1. The molecule has 0 saturated carbocycles. The van der Waals surface area contributed by atoms with E-state index in [0.717, 1.165) is 36.3 Å². The van der Waals surface area contributed by atoms with Gasteiger partial charge in [-0.25, -0.2) is 8.78 Å². The quantitative estimate of drug-likeness (QED) is 0.409. The number of aryl methyl sites for hydroxylation is 1. The number of isothiocyanates is 1. The Morgan fingerprint density at radius 2 is 1.91 bits per heavy atom. The summed E-state index contributed by atoms with van der Waals surface area (Å²) in [5.41, 5.74) is -0.166. The fraction of sp³-hybridized carbons (Fsp3) is 0.235. The van der Waals surface area contributed by atoms with E-state index in [1.807, 2.05) is 17.3 Å². The van der Waals surface area contributed by atoms with Crippen LogP contribution in [0, 0.1) is 23.5 Å². The van der Waals surface area contributed by atoms with Crippen molar-refractivity contribution >= 4 is 34.4 Å². The summed E-state index contributed by atoms with van der Waals surface area (Å²) in [6.45, 7) is 2.15. The van der Waals surface area contributed by atoms with Crippen LogP contribution in [-0.4, -0.2) is 5.16 Å². The highest BCUT2D eigenvalue weighted by molar-refractivity contribution is 7.78. The molecule has 0 fully saturated rings. The van der Waals surface area contributed by atoms with E-state index in [9.17, 15) is 8.78 Å². The number of aliphatic imine (C=N–C) groups is 1. The highest BCUT2D eigenvalue weighted by Crippen LogP contribution is 2.23. The third-order valence-electron chi connectivity index (χ3n) is 2.94. The summed E-state index contributed by atoms with van der Waals surface area (Å²) in [4.78, 5) is 5.52. The van der Waals surface area contributed by atoms with E-state index in [1.54, 1.807) is 11.3 Å². The zero-order valence-electron chi connectivity index (χ0n) is 12.0. The lowest BCUT2D eigenvalue weighted by Gasteiger charge is -1.98. The second-order valence-electron chi connectivity index (χ2n) is 4.61. The van der Waals surface area contributed by atoms with Gasteiger partial charge in [0.05, 0.1) is 10.0 Å². The first-order chi connectivity index (χ1) is 10.6. The molecule has 0 atom stereocenters. The zero-order valence-corrected chi connectivity index (χ0v) is 13.6. The maximum absolute atomic E-state index is 13.7. The van der Waals surface area contributed by atoms with E-state index in [-0.39, 0.29) is 5.56 Å². The van der Waals surface area contributed by atoms with Gasteiger partial charge in [0.1, 0.15) is 5.69 Å². The molecule has 0 saturated heterocycles. The van der Waals surface area contributed by atoms with Gasteiger partial charge in [-0.05, 0) is 49.3 Å². The zero-order chi connectivity index (χ0) is 15.9. The van der Waals surface area contributed by atoms with Gasteiger partial charge in [-0.3, -0.25) is 0 Å². The molecular formula is C17H13F2NS2. The van der Waals surface area contributed by atoms with Gasteiger partial charge in [0, 0.05) is 10.4 Å². The van der Waals surface area contributed by atoms with Crippen molar-refractivity contribution in [1.82, 2.24) is 0 Å². The fourth-order valence-corrected chi connectivity index (χ4v) is 2.85. The van der Waals surface area contributed by atoms with E-state index in [1.165, 1.54) is 4.88 Å². The molecule has 5 heteroatoms. The van der Waals surface area contributed by atoms with Crippen molar-refractivity contribution in [2.75, 3.05) is 0 Å². The van der Waals surface area contributed by atoms with E-state index < -0.39 is 17.3 Å². The molecular weight excluding hydrogens is 320 g/mol. The Balaban J connectivity index is 2.21. The number of rotatable bonds is 4. The highest BCUT2D eigenvalue weighted by Gasteiger charge is 2.09. The van der Waals surface area contributed by atoms with Gasteiger partial charge in [0.15, 0.2) is 11.6 Å². The van der Waals surface area contributed by atoms with Gasteiger partial charge in [0.25, 0.3) is 0 Å². The second-order valence-corrected chi connectivity index (χ2v) is 5.96. The molecule has 22 heavy (non-hydrogen) atoms. The van der Waals surface area contributed by atoms with Crippen LogP contribution in [0.15, 0.2) is 29.3 Å². The monoisotopic (exact) mass is 333 g/mol. The first-order valence-electron chi connectivity index (χ1n) is 6.81. The first-order valence-corrected chi connectivity index (χ1v) is 8.04. The van der Waals surface area contributed by atoms with E-state index >= 15 is 0 Å². The van der Waals surface area contributed by atoms with Crippen molar-refractivity contribution in [3.63, 3.8) is 0 Å². The average molecular weight is 333 g/mol. The highest BCUT2D eigenvalue weighted by atomic mass is 32.1. The van der Waals surface area contributed by atoms with Gasteiger partial charge < -0.3 is 0 Å². The molecule has 0 aliphatic carbocycles. The summed E-state index contributed by atoms with van der Waals surface area (Å²) < 4.78 is 27.4. The van der Waals surface area contributed by atoms with Crippen LogP contribution in [0.3, 0.4) is 0 Å². The number of benzene rings is 1. The molecule has 1 nitrogen and oxygen atoms in total. The summed E-state index contributed by atoms with van der Waals surface area (Å²) >= 11 is 5.97. The Labute approximate surface area is 137 Å². The minimum absolute atomic E-state index is 0.266. The standard InChI is InChI=1S/C17H13F2NS2/c1-2-3-4-13-7-8-14(22-13)6-5-12-9-15(18)17(20-11-21)16(19)10-12/h7-10H,2-4H2,1H3. The number of unbranched alkanes of at least 4 members (excludes halogenated alkanes) is 1. The van der Waals surface area contributed by atoms with Gasteiger partial charge in [-0.2, -0.15) is 4.99 Å². The van der Waals surface area contributed by atoms with Crippen LogP contribution in [-0.2, 0) is 6.42 Å². The summed E-state index contributed by atoms with van der Waals surface area (Å²) in [6, 6.07) is 6.27. The molecule has 1 heterocycles. The summed E-state index contributed by atoms with van der Waals surface area (Å²) in [7, 11) is 0. The van der Waals surface area contributed by atoms with Crippen molar-refractivity contribution in [1.29, 1.82) is 0 Å². The predicted octanol–water partition coefficient (Wildman–Crippen LogP) is 5.50. The van der Waals surface area contributed by atoms with Crippen molar-refractivity contribution < 1.29 is 8.78 Å². The van der Waals surface area contributed by atoms with Gasteiger partial charge in [0.2, 0.25) is 0 Å². The van der Waals surface area contributed by atoms with Crippen LogP contribution in [0.4, 0.5) is 14.5 Å². The first kappa shape index (κ1) is 16.5. The van der Waals surface area contributed by atoms with Crippen molar-refractivity contribution in [2.45, 2.75) is 26.2 Å². The predicted molar refractivity (Wildman–Crippen MR) is 90.0 cm³/mol. The smallest absolute Gasteiger partial charge is 0.153 e. The molecule has 0 spiro atoms. The number of thiophene rings is 1. The van der Waals surface area contributed by atoms with Crippen molar-refractivity contribution in [3.8, 4) is 11.8 Å². The van der Waals surface area contributed by atoms with Crippen LogP contribution in [0.2, 0.25) is 0 Å². The van der Waals surface area contributed by atoms with Crippen LogP contribution in [0.25, 0.3) is 0 Å². The minimum atomic E-state index is -0.795. The van der Waals surface area contributed by atoms with Crippen molar-refractivity contribution in [2.24, 2.45) is 4.99 Å². The van der Waals surface area contributed by atoms with Crippen LogP contribution in [0.1, 0.15) is 35.1 Å². The SMILES string of the molecule is CCCCc1ccc(C#Cc2cc(F)c(N=C=S)c(F)c2)s1. The van der Waals surface area contributed by atoms with Gasteiger partial charge in [-0.15, -0.1) is 11.3 Å². The topological polar surface area (TPSA) is 12.4 Å². The molecule has 0 bridgehead atoms.